The Bertz CT molecular complexity index is 1270. The number of hydrogen-bond acceptors (Lipinski definition) is 6. The number of phenols is 1. The molecule has 34 heavy (non-hydrogen) atoms. The molecule has 1 saturated heterocycles. The first-order valence-electron chi connectivity index (χ1n) is 11.5. The highest BCUT2D eigenvalue weighted by Crippen LogP contribution is 2.40. The van der Waals surface area contributed by atoms with Crippen LogP contribution in [0.4, 0.5) is 0 Å². The molecule has 2 aromatic heterocycles. The van der Waals surface area contributed by atoms with Gasteiger partial charge in [-0.2, -0.15) is 0 Å². The number of aromatic nitrogens is 2. The number of aromatic hydroxyl groups is 1. The molecule has 1 amide bonds. The second kappa shape index (κ2) is 9.30. The summed E-state index contributed by atoms with van der Waals surface area (Å²) < 4.78 is 1.86. The van der Waals surface area contributed by atoms with Crippen molar-refractivity contribution in [2.24, 2.45) is 0 Å². The predicted octanol–water partition coefficient (Wildman–Crippen LogP) is 3.42. The number of aliphatic hydroxyl groups excluding tert-OH is 1. The van der Waals surface area contributed by atoms with E-state index in [1.54, 1.807) is 12.1 Å². The maximum Gasteiger partial charge on any atom is 0.295 e. The van der Waals surface area contributed by atoms with Crippen LogP contribution in [0.3, 0.4) is 0 Å². The summed E-state index contributed by atoms with van der Waals surface area (Å²) in [5.74, 6) is -1.59. The normalized spacial score (nSPS) is 17.9. The fraction of sp³-hybridized carbons (Fsp3) is 0.346. The number of benzene rings is 1. The number of hydrogen-bond donors (Lipinski definition) is 2. The van der Waals surface area contributed by atoms with E-state index in [1.165, 1.54) is 17.0 Å². The topological polar surface area (TPSA) is 98.4 Å². The van der Waals surface area contributed by atoms with Gasteiger partial charge in [0, 0.05) is 19.3 Å². The number of carbonyl (C=O) groups is 2. The van der Waals surface area contributed by atoms with E-state index in [0.717, 1.165) is 18.7 Å². The van der Waals surface area contributed by atoms with Gasteiger partial charge in [0.1, 0.15) is 17.1 Å². The summed E-state index contributed by atoms with van der Waals surface area (Å²) >= 11 is 0. The van der Waals surface area contributed by atoms with Crippen molar-refractivity contribution in [3.63, 3.8) is 0 Å². The Morgan fingerprint density at radius 3 is 2.38 bits per heavy atom. The Balaban J connectivity index is 1.87. The number of amides is 1. The summed E-state index contributed by atoms with van der Waals surface area (Å²) in [6, 6.07) is 9.41. The van der Waals surface area contributed by atoms with E-state index < -0.39 is 17.7 Å². The molecule has 4 rings (SSSR count). The minimum absolute atomic E-state index is 0.0133. The molecule has 2 N–H and O–H groups in total. The van der Waals surface area contributed by atoms with Crippen molar-refractivity contribution in [3.8, 4) is 5.75 Å². The summed E-state index contributed by atoms with van der Waals surface area (Å²) in [6.07, 6.45) is 1.85. The van der Waals surface area contributed by atoms with Crippen LogP contribution in [0.5, 0.6) is 5.75 Å². The summed E-state index contributed by atoms with van der Waals surface area (Å²) in [7, 11) is 0. The minimum atomic E-state index is -0.776. The van der Waals surface area contributed by atoms with Crippen LogP contribution in [0.1, 0.15) is 42.4 Å². The third-order valence-corrected chi connectivity index (χ3v) is 6.61. The molecular formula is C26H30N4O4. The number of aryl methyl sites for hydroxylation is 2. The smallest absolute Gasteiger partial charge is 0.295 e. The second-order valence-corrected chi connectivity index (χ2v) is 8.54. The van der Waals surface area contributed by atoms with Crippen LogP contribution >= 0.6 is 0 Å². The lowest BCUT2D eigenvalue weighted by Crippen LogP contribution is -2.38. The number of rotatable bonds is 7. The molecule has 1 atom stereocenters. The lowest BCUT2D eigenvalue weighted by molar-refractivity contribution is -0.140. The first kappa shape index (κ1) is 23.5. The standard InChI is InChI=1S/C26H30N4O4/c1-5-28(6-2)14-15-30-22(18-9-11-19(31)12-10-18)20(24(33)26(30)34)23(32)21-17(4)29-13-7-8-16(3)25(29)27-21/h7-13,22,31-32H,5-6,14-15H2,1-4H3/b23-20+. The van der Waals surface area contributed by atoms with E-state index >= 15 is 0 Å². The molecule has 8 nitrogen and oxygen atoms in total. The van der Waals surface area contributed by atoms with Crippen molar-refractivity contribution in [2.75, 3.05) is 26.2 Å². The third kappa shape index (κ3) is 3.94. The number of likely N-dealkylation sites (tertiary alicyclic amines) is 1. The number of pyridine rings is 1. The first-order chi connectivity index (χ1) is 16.3. The van der Waals surface area contributed by atoms with Crippen molar-refractivity contribution in [3.05, 3.63) is 70.7 Å². The van der Waals surface area contributed by atoms with Crippen LogP contribution in [-0.4, -0.2) is 67.3 Å². The number of aliphatic hydroxyl groups is 1. The van der Waals surface area contributed by atoms with Gasteiger partial charge in [-0.1, -0.05) is 32.0 Å². The van der Waals surface area contributed by atoms with E-state index in [-0.39, 0.29) is 22.8 Å². The van der Waals surface area contributed by atoms with Crippen molar-refractivity contribution >= 4 is 23.1 Å². The van der Waals surface area contributed by atoms with Crippen molar-refractivity contribution in [1.29, 1.82) is 0 Å². The van der Waals surface area contributed by atoms with Crippen molar-refractivity contribution < 1.29 is 19.8 Å². The zero-order valence-corrected chi connectivity index (χ0v) is 19.9. The largest absolute Gasteiger partial charge is 0.508 e. The molecule has 178 valence electrons. The third-order valence-electron chi connectivity index (χ3n) is 6.61. The quantitative estimate of drug-likeness (QED) is 0.317. The number of ketones is 1. The van der Waals surface area contributed by atoms with Gasteiger partial charge in [0.05, 0.1) is 17.3 Å². The van der Waals surface area contributed by atoms with E-state index in [4.69, 9.17) is 0 Å². The number of Topliss-reactive ketones (excluding diaryl/α,β-unsaturated/α-hetero) is 1. The van der Waals surface area contributed by atoms with Crippen molar-refractivity contribution in [2.45, 2.75) is 33.7 Å². The minimum Gasteiger partial charge on any atom is -0.508 e. The zero-order valence-electron chi connectivity index (χ0n) is 19.9. The number of likely N-dealkylation sites (N-methyl/N-ethyl adjacent to an activating group) is 1. The molecule has 1 fully saturated rings. The number of imidazole rings is 1. The lowest BCUT2D eigenvalue weighted by Gasteiger charge is -2.28. The fourth-order valence-electron chi connectivity index (χ4n) is 4.58. The predicted molar refractivity (Wildman–Crippen MR) is 130 cm³/mol. The SMILES string of the molecule is CCN(CC)CCN1C(=O)C(=O)/C(=C(/O)c2nc3c(C)cccn3c2C)C1c1ccc(O)cc1. The van der Waals surface area contributed by atoms with E-state index in [2.05, 4.69) is 9.88 Å². The van der Waals surface area contributed by atoms with Crippen LogP contribution in [0.15, 0.2) is 48.2 Å². The number of carbonyl (C=O) groups excluding carboxylic acids is 2. The highest BCUT2D eigenvalue weighted by atomic mass is 16.3. The summed E-state index contributed by atoms with van der Waals surface area (Å²) in [6.45, 7) is 10.4. The lowest BCUT2D eigenvalue weighted by atomic mass is 9.96. The van der Waals surface area contributed by atoms with Gasteiger partial charge in [-0.05, 0) is 56.3 Å². The summed E-state index contributed by atoms with van der Waals surface area (Å²) in [5.41, 5.74) is 3.21. The maximum atomic E-state index is 13.3. The van der Waals surface area contributed by atoms with E-state index in [1.807, 2.05) is 50.4 Å². The molecule has 0 saturated carbocycles. The Labute approximate surface area is 198 Å². The molecule has 1 unspecified atom stereocenters. The van der Waals surface area contributed by atoms with Gasteiger partial charge in [0.2, 0.25) is 0 Å². The van der Waals surface area contributed by atoms with Gasteiger partial charge < -0.3 is 24.4 Å². The highest BCUT2D eigenvalue weighted by molar-refractivity contribution is 6.46. The molecule has 1 aliphatic rings. The average Bonchev–Trinajstić information content (AvgIpc) is 3.30. The van der Waals surface area contributed by atoms with Crippen LogP contribution in [0.2, 0.25) is 0 Å². The van der Waals surface area contributed by atoms with E-state index in [0.29, 0.717) is 30.0 Å². The number of phenolic OH excluding ortho intramolecular Hbond substituents is 1. The Morgan fingerprint density at radius 2 is 1.76 bits per heavy atom. The van der Waals surface area contributed by atoms with Gasteiger partial charge in [0.25, 0.3) is 11.7 Å². The molecule has 3 aromatic rings. The Morgan fingerprint density at radius 1 is 1.09 bits per heavy atom. The van der Waals surface area contributed by atoms with Gasteiger partial charge in [-0.3, -0.25) is 9.59 Å². The van der Waals surface area contributed by atoms with Crippen LogP contribution < -0.4 is 0 Å². The second-order valence-electron chi connectivity index (χ2n) is 8.54. The Kier molecular flexibility index (Phi) is 6.43. The number of nitrogens with zero attached hydrogens (tertiary/aromatic N) is 4. The van der Waals surface area contributed by atoms with E-state index in [9.17, 15) is 19.8 Å². The zero-order chi connectivity index (χ0) is 24.6. The Hall–Kier alpha value is -3.65. The van der Waals surface area contributed by atoms with Gasteiger partial charge >= 0.3 is 0 Å². The molecule has 0 radical (unpaired) electrons. The average molecular weight is 463 g/mol. The molecule has 0 spiro atoms. The monoisotopic (exact) mass is 462 g/mol. The molecule has 0 aliphatic carbocycles. The first-order valence-corrected chi connectivity index (χ1v) is 11.5. The summed E-state index contributed by atoms with van der Waals surface area (Å²) in [5, 5.41) is 21.2. The van der Waals surface area contributed by atoms with Gasteiger partial charge in [0.15, 0.2) is 5.76 Å². The molecule has 8 heteroatoms. The van der Waals surface area contributed by atoms with Crippen LogP contribution in [0, 0.1) is 13.8 Å². The van der Waals surface area contributed by atoms with Gasteiger partial charge in [-0.15, -0.1) is 0 Å². The molecule has 1 aliphatic heterocycles. The van der Waals surface area contributed by atoms with Crippen molar-refractivity contribution in [1.82, 2.24) is 19.2 Å². The van der Waals surface area contributed by atoms with Gasteiger partial charge in [-0.25, -0.2) is 4.98 Å². The molecule has 1 aromatic carbocycles. The summed E-state index contributed by atoms with van der Waals surface area (Å²) in [4.78, 5) is 34.7. The fourth-order valence-corrected chi connectivity index (χ4v) is 4.58. The molecule has 3 heterocycles. The number of fused-ring (bicyclic) bond motifs is 1. The molecular weight excluding hydrogens is 432 g/mol. The highest BCUT2D eigenvalue weighted by Gasteiger charge is 2.46. The van der Waals surface area contributed by atoms with Crippen LogP contribution in [-0.2, 0) is 9.59 Å². The molecule has 0 bridgehead atoms. The van der Waals surface area contributed by atoms with Crippen LogP contribution in [0.25, 0.3) is 11.4 Å². The maximum absolute atomic E-state index is 13.3.